The minimum Gasteiger partial charge on any atom is -0.480 e. The van der Waals surface area contributed by atoms with E-state index >= 15 is 0 Å². The van der Waals surface area contributed by atoms with Crippen LogP contribution >= 0.6 is 34.8 Å². The summed E-state index contributed by atoms with van der Waals surface area (Å²) in [4.78, 5) is 38.7. The van der Waals surface area contributed by atoms with Crippen LogP contribution in [0.2, 0.25) is 15.1 Å². The Bertz CT molecular complexity index is 1380. The summed E-state index contributed by atoms with van der Waals surface area (Å²) in [6.07, 6.45) is 3.32. The number of aliphatic carboxylic acids is 1. The fourth-order valence-electron chi connectivity index (χ4n) is 5.21. The molecule has 1 aliphatic carbocycles. The van der Waals surface area contributed by atoms with Gasteiger partial charge in [-0.1, -0.05) is 72.9 Å². The van der Waals surface area contributed by atoms with Crippen molar-refractivity contribution in [3.05, 3.63) is 69.2 Å². The van der Waals surface area contributed by atoms with Crippen LogP contribution in [0, 0.1) is 17.8 Å². The molecule has 0 heterocycles. The Morgan fingerprint density at radius 3 is 1.97 bits per heavy atom. The third-order valence-corrected chi connectivity index (χ3v) is 8.22. The first-order chi connectivity index (χ1) is 18.5. The molecule has 3 aromatic carbocycles. The maximum absolute atomic E-state index is 13.5. The van der Waals surface area contributed by atoms with Crippen LogP contribution in [0.25, 0.3) is 10.8 Å². The number of benzene rings is 3. The van der Waals surface area contributed by atoms with E-state index in [9.17, 15) is 19.5 Å². The summed E-state index contributed by atoms with van der Waals surface area (Å²) in [6.45, 7) is 4.36. The first-order valence-electron chi connectivity index (χ1n) is 12.8. The van der Waals surface area contributed by atoms with Crippen LogP contribution in [0.5, 0.6) is 0 Å². The number of hydrogen-bond donors (Lipinski definition) is 4. The average molecular weight is 591 g/mol. The van der Waals surface area contributed by atoms with Crippen molar-refractivity contribution in [2.75, 3.05) is 10.6 Å². The highest BCUT2D eigenvalue weighted by Gasteiger charge is 2.34. The van der Waals surface area contributed by atoms with Crippen LogP contribution < -0.4 is 16.0 Å². The van der Waals surface area contributed by atoms with Crippen molar-refractivity contribution < 1.29 is 19.5 Å². The van der Waals surface area contributed by atoms with Gasteiger partial charge in [-0.25, -0.2) is 9.59 Å². The Morgan fingerprint density at radius 1 is 0.846 bits per heavy atom. The summed E-state index contributed by atoms with van der Waals surface area (Å²) in [5.41, 5.74) is 0.506. The second kappa shape index (κ2) is 12.5. The van der Waals surface area contributed by atoms with E-state index in [1.54, 1.807) is 12.1 Å². The largest absolute Gasteiger partial charge is 0.480 e. The lowest BCUT2D eigenvalue weighted by Gasteiger charge is -2.34. The molecular formula is C29H30Cl3N3O4. The highest BCUT2D eigenvalue weighted by Crippen LogP contribution is 2.36. The molecule has 0 radical (unpaired) electrons. The van der Waals surface area contributed by atoms with E-state index in [0.29, 0.717) is 16.9 Å². The number of halogens is 3. The smallest absolute Gasteiger partial charge is 0.326 e. The maximum Gasteiger partial charge on any atom is 0.326 e. The number of anilines is 2. The summed E-state index contributed by atoms with van der Waals surface area (Å²) in [7, 11) is 0. The topological polar surface area (TPSA) is 108 Å². The van der Waals surface area contributed by atoms with Gasteiger partial charge in [0, 0.05) is 5.02 Å². The molecule has 0 bridgehead atoms. The molecule has 0 unspecified atom stereocenters. The zero-order chi connectivity index (χ0) is 28.3. The minimum atomic E-state index is -1.07. The van der Waals surface area contributed by atoms with Gasteiger partial charge in [0.1, 0.15) is 6.04 Å². The highest BCUT2D eigenvalue weighted by atomic mass is 35.5. The fraction of sp³-hybridized carbons (Fsp3) is 0.345. The van der Waals surface area contributed by atoms with Crippen molar-refractivity contribution in [1.29, 1.82) is 0 Å². The molecule has 1 atom stereocenters. The number of rotatable bonds is 7. The summed E-state index contributed by atoms with van der Waals surface area (Å²) < 4.78 is 0. The van der Waals surface area contributed by atoms with Gasteiger partial charge >= 0.3 is 12.0 Å². The molecule has 0 aliphatic heterocycles. The maximum atomic E-state index is 13.5. The molecule has 4 N–H and O–H groups in total. The van der Waals surface area contributed by atoms with Crippen molar-refractivity contribution in [1.82, 2.24) is 5.32 Å². The molecule has 7 nitrogen and oxygen atoms in total. The molecule has 0 spiro atoms. The third-order valence-electron chi connectivity index (χ3n) is 7.41. The number of urea groups is 1. The van der Waals surface area contributed by atoms with Gasteiger partial charge in [0.2, 0.25) is 0 Å². The molecule has 0 saturated heterocycles. The van der Waals surface area contributed by atoms with Gasteiger partial charge in [-0.05, 0) is 78.5 Å². The minimum absolute atomic E-state index is 0.138. The number of hydrogen-bond acceptors (Lipinski definition) is 3. The molecule has 1 saturated carbocycles. The Hall–Kier alpha value is -3.00. The lowest BCUT2D eigenvalue weighted by molar-refractivity contribution is -0.141. The van der Waals surface area contributed by atoms with Crippen molar-refractivity contribution in [3.63, 3.8) is 0 Å². The molecule has 10 heteroatoms. The van der Waals surface area contributed by atoms with E-state index in [1.807, 2.05) is 24.3 Å². The lowest BCUT2D eigenvalue weighted by Crippen LogP contribution is -2.47. The highest BCUT2D eigenvalue weighted by molar-refractivity contribution is 6.42. The van der Waals surface area contributed by atoms with Gasteiger partial charge in [-0.15, -0.1) is 0 Å². The molecule has 3 aromatic rings. The van der Waals surface area contributed by atoms with Gasteiger partial charge < -0.3 is 21.1 Å². The SMILES string of the molecule is CC(C)C1CCC([C@H](NC(=O)c2cc3ccccc3cc2NC(=O)Nc2c(Cl)cc(Cl)cc2Cl)C(=O)O)CC1. The number of nitrogens with one attached hydrogen (secondary N) is 3. The summed E-state index contributed by atoms with van der Waals surface area (Å²) in [5, 5.41) is 20.2. The summed E-state index contributed by atoms with van der Waals surface area (Å²) in [6, 6.07) is 11.8. The number of amides is 3. The molecule has 0 aromatic heterocycles. The molecule has 206 valence electrons. The Balaban J connectivity index is 1.59. The normalized spacial score (nSPS) is 18.0. The molecule has 39 heavy (non-hydrogen) atoms. The van der Waals surface area contributed by atoms with Gasteiger partial charge in [0.25, 0.3) is 5.91 Å². The second-order valence-electron chi connectivity index (χ2n) is 10.3. The van der Waals surface area contributed by atoms with Crippen LogP contribution in [0.15, 0.2) is 48.5 Å². The van der Waals surface area contributed by atoms with E-state index in [4.69, 9.17) is 34.8 Å². The molecule has 3 amide bonds. The van der Waals surface area contributed by atoms with Crippen molar-refractivity contribution in [2.24, 2.45) is 17.8 Å². The van der Waals surface area contributed by atoms with Crippen molar-refractivity contribution >= 4 is 74.9 Å². The first-order valence-corrected chi connectivity index (χ1v) is 14.0. The number of carbonyl (C=O) groups excluding carboxylic acids is 2. The molecule has 4 rings (SSSR count). The molecular weight excluding hydrogens is 561 g/mol. The number of carboxylic acids is 1. The van der Waals surface area contributed by atoms with Crippen LogP contribution in [0.1, 0.15) is 49.9 Å². The van der Waals surface area contributed by atoms with Crippen molar-refractivity contribution in [2.45, 2.75) is 45.6 Å². The van der Waals surface area contributed by atoms with E-state index in [2.05, 4.69) is 29.8 Å². The van der Waals surface area contributed by atoms with E-state index < -0.39 is 23.9 Å². The number of fused-ring (bicyclic) bond motifs is 1. The number of carboxylic acid groups (broad SMARTS) is 1. The van der Waals surface area contributed by atoms with Crippen LogP contribution in [0.3, 0.4) is 0 Å². The summed E-state index contributed by atoms with van der Waals surface area (Å²) in [5.74, 6) is -0.730. The van der Waals surface area contributed by atoms with Gasteiger partial charge in [-0.2, -0.15) is 0 Å². The van der Waals surface area contributed by atoms with E-state index in [-0.39, 0.29) is 32.9 Å². The zero-order valence-corrected chi connectivity index (χ0v) is 23.8. The summed E-state index contributed by atoms with van der Waals surface area (Å²) >= 11 is 18.4. The van der Waals surface area contributed by atoms with E-state index in [0.717, 1.165) is 36.5 Å². The fourth-order valence-corrected chi connectivity index (χ4v) is 6.12. The quantitative estimate of drug-likeness (QED) is 0.223. The Kier molecular flexibility index (Phi) is 9.26. The average Bonchev–Trinajstić information content (AvgIpc) is 2.88. The zero-order valence-electron chi connectivity index (χ0n) is 21.6. The molecule has 1 fully saturated rings. The van der Waals surface area contributed by atoms with Crippen LogP contribution in [-0.4, -0.2) is 29.1 Å². The van der Waals surface area contributed by atoms with Crippen LogP contribution in [-0.2, 0) is 4.79 Å². The second-order valence-corrected chi connectivity index (χ2v) is 11.5. The predicted molar refractivity (Wildman–Crippen MR) is 157 cm³/mol. The van der Waals surface area contributed by atoms with Crippen LogP contribution in [0.4, 0.5) is 16.2 Å². The number of carbonyl (C=O) groups is 3. The lowest BCUT2D eigenvalue weighted by atomic mass is 9.74. The van der Waals surface area contributed by atoms with E-state index in [1.165, 1.54) is 12.1 Å². The van der Waals surface area contributed by atoms with Gasteiger partial charge in [-0.3, -0.25) is 4.79 Å². The Morgan fingerprint density at radius 2 is 1.41 bits per heavy atom. The van der Waals surface area contributed by atoms with Gasteiger partial charge in [0.15, 0.2) is 0 Å². The molecule has 1 aliphatic rings. The standard InChI is InChI=1S/C29H30Cl3N3O4/c1-15(2)16-7-9-17(10-8-16)25(28(37)38)34-27(36)21-11-18-5-3-4-6-19(18)12-24(21)33-29(39)35-26-22(31)13-20(30)14-23(26)32/h3-6,11-17,25H,7-10H2,1-2H3,(H,34,36)(H,37,38)(H2,33,35,39)/t16?,17?,25-/m0/s1. The predicted octanol–water partition coefficient (Wildman–Crippen LogP) is 8.09. The van der Waals surface area contributed by atoms with Crippen molar-refractivity contribution in [3.8, 4) is 0 Å². The Labute approximate surface area is 242 Å². The third kappa shape index (κ3) is 6.96. The van der Waals surface area contributed by atoms with Gasteiger partial charge in [0.05, 0.1) is 27.0 Å². The monoisotopic (exact) mass is 589 g/mol. The first kappa shape index (κ1) is 29.0.